The van der Waals surface area contributed by atoms with E-state index in [-0.39, 0.29) is 5.97 Å². The highest BCUT2D eigenvalue weighted by Crippen LogP contribution is 2.29. The number of fused-ring (bicyclic) bond motifs is 1. The second-order valence-corrected chi connectivity index (χ2v) is 8.07. The van der Waals surface area contributed by atoms with Crippen LogP contribution in [0.5, 0.6) is 0 Å². The van der Waals surface area contributed by atoms with E-state index in [1.54, 1.807) is 6.92 Å². The van der Waals surface area contributed by atoms with Gasteiger partial charge in [-0.1, -0.05) is 59.8 Å². The van der Waals surface area contributed by atoms with Gasteiger partial charge in [0.1, 0.15) is 0 Å². The molecule has 8 heteroatoms. The molecule has 0 saturated carbocycles. The van der Waals surface area contributed by atoms with Gasteiger partial charge in [-0.3, -0.25) is 4.98 Å². The van der Waals surface area contributed by atoms with Crippen LogP contribution >= 0.6 is 11.8 Å². The Morgan fingerprint density at radius 1 is 1.10 bits per heavy atom. The molecule has 0 aliphatic heterocycles. The Bertz CT molecular complexity index is 1250. The first-order valence-electron chi connectivity index (χ1n) is 9.95. The number of hydrogen-bond acceptors (Lipinski definition) is 7. The topological polar surface area (TPSA) is 95.9 Å². The van der Waals surface area contributed by atoms with E-state index in [9.17, 15) is 4.79 Å². The van der Waals surface area contributed by atoms with Crippen molar-refractivity contribution in [2.75, 3.05) is 12.4 Å². The van der Waals surface area contributed by atoms with Gasteiger partial charge in [-0.15, -0.1) is 10.2 Å². The fourth-order valence-electron chi connectivity index (χ4n) is 3.43. The van der Waals surface area contributed by atoms with Crippen LogP contribution in [0.3, 0.4) is 0 Å². The van der Waals surface area contributed by atoms with Crippen LogP contribution in [0, 0.1) is 13.8 Å². The molecule has 0 amide bonds. The van der Waals surface area contributed by atoms with Crippen LogP contribution < -0.4 is 5.84 Å². The molecule has 2 N–H and O–H groups in total. The Labute approximate surface area is 184 Å². The molecule has 4 aromatic rings. The van der Waals surface area contributed by atoms with Crippen molar-refractivity contribution in [1.82, 2.24) is 19.9 Å². The van der Waals surface area contributed by atoms with Gasteiger partial charge in [-0.25, -0.2) is 9.47 Å². The fourth-order valence-corrected chi connectivity index (χ4v) is 4.23. The van der Waals surface area contributed by atoms with Crippen molar-refractivity contribution >= 4 is 28.6 Å². The number of nitrogen functional groups attached to an aromatic ring is 1. The van der Waals surface area contributed by atoms with Crippen LogP contribution in [0.25, 0.3) is 22.3 Å². The lowest BCUT2D eigenvalue weighted by atomic mass is 10.0. The summed E-state index contributed by atoms with van der Waals surface area (Å²) in [5.41, 5.74) is 4.87. The first-order valence-corrected chi connectivity index (χ1v) is 10.9. The molecule has 0 atom stereocenters. The molecule has 0 fully saturated rings. The first-order chi connectivity index (χ1) is 15.0. The molecule has 0 spiro atoms. The minimum Gasteiger partial charge on any atom is -0.462 e. The van der Waals surface area contributed by atoms with Crippen LogP contribution in [-0.4, -0.2) is 32.4 Å². The van der Waals surface area contributed by atoms with Gasteiger partial charge < -0.3 is 10.6 Å². The molecule has 0 aliphatic rings. The molecule has 0 bridgehead atoms. The van der Waals surface area contributed by atoms with Crippen molar-refractivity contribution < 1.29 is 9.53 Å². The first kappa shape index (κ1) is 20.9. The maximum absolute atomic E-state index is 12.7. The molecule has 0 aliphatic carbocycles. The second-order valence-electron chi connectivity index (χ2n) is 7.13. The summed E-state index contributed by atoms with van der Waals surface area (Å²) in [7, 11) is 0. The van der Waals surface area contributed by atoms with Crippen molar-refractivity contribution in [2.45, 2.75) is 31.7 Å². The van der Waals surface area contributed by atoms with E-state index in [2.05, 4.69) is 10.2 Å². The van der Waals surface area contributed by atoms with Crippen molar-refractivity contribution in [3.63, 3.8) is 0 Å². The summed E-state index contributed by atoms with van der Waals surface area (Å²) in [6.45, 7) is 6.04. The van der Waals surface area contributed by atoms with Crippen LogP contribution in [0.1, 0.15) is 34.1 Å². The van der Waals surface area contributed by atoms with Gasteiger partial charge in [-0.05, 0) is 32.4 Å². The summed E-state index contributed by atoms with van der Waals surface area (Å²) < 4.78 is 6.77. The van der Waals surface area contributed by atoms with E-state index in [4.69, 9.17) is 15.6 Å². The highest BCUT2D eigenvalue weighted by atomic mass is 32.2. The number of esters is 1. The monoisotopic (exact) mass is 433 g/mol. The average Bonchev–Trinajstić information content (AvgIpc) is 3.13. The van der Waals surface area contributed by atoms with E-state index in [1.807, 2.05) is 62.4 Å². The molecule has 0 unspecified atom stereocenters. The Morgan fingerprint density at radius 3 is 2.58 bits per heavy atom. The van der Waals surface area contributed by atoms with Gasteiger partial charge in [0.15, 0.2) is 5.82 Å². The zero-order valence-corrected chi connectivity index (χ0v) is 18.4. The van der Waals surface area contributed by atoms with Crippen LogP contribution in [-0.2, 0) is 10.5 Å². The van der Waals surface area contributed by atoms with E-state index in [0.717, 1.165) is 27.6 Å². The van der Waals surface area contributed by atoms with Crippen LogP contribution in [0.2, 0.25) is 0 Å². The Hall–Kier alpha value is -3.39. The van der Waals surface area contributed by atoms with E-state index >= 15 is 0 Å². The normalized spacial score (nSPS) is 11.1. The van der Waals surface area contributed by atoms with Crippen molar-refractivity contribution in [1.29, 1.82) is 0 Å². The van der Waals surface area contributed by atoms with Crippen molar-refractivity contribution in [2.24, 2.45) is 0 Å². The number of rotatable bonds is 6. The molecule has 0 saturated heterocycles. The maximum Gasteiger partial charge on any atom is 0.340 e. The molecular formula is C23H23N5O2S. The van der Waals surface area contributed by atoms with Crippen LogP contribution in [0.15, 0.2) is 53.7 Å². The minimum absolute atomic E-state index is 0.300. The smallest absolute Gasteiger partial charge is 0.340 e. The number of para-hydroxylation sites is 1. The number of carbonyl (C=O) groups excluding carboxylic acids is 1. The largest absolute Gasteiger partial charge is 0.462 e. The zero-order valence-electron chi connectivity index (χ0n) is 17.6. The third-order valence-electron chi connectivity index (χ3n) is 5.02. The Balaban J connectivity index is 1.67. The summed E-state index contributed by atoms with van der Waals surface area (Å²) in [6.07, 6.45) is 0. The Morgan fingerprint density at radius 2 is 1.84 bits per heavy atom. The number of pyridine rings is 1. The summed E-state index contributed by atoms with van der Waals surface area (Å²) in [5, 5.41) is 9.94. The van der Waals surface area contributed by atoms with Gasteiger partial charge in [0.05, 0.1) is 23.4 Å². The maximum atomic E-state index is 12.7. The lowest BCUT2D eigenvalue weighted by molar-refractivity contribution is 0.0524. The number of ether oxygens (including phenoxy) is 1. The molecule has 2 heterocycles. The summed E-state index contributed by atoms with van der Waals surface area (Å²) in [4.78, 5) is 17.4. The van der Waals surface area contributed by atoms with Gasteiger partial charge in [0.2, 0.25) is 5.16 Å². The van der Waals surface area contributed by atoms with E-state index in [0.29, 0.717) is 34.6 Å². The SMILES string of the molecule is CCOC(=O)c1c(CSc2nnc(-c3ccc(C)cc3)n2N)nc2ccccc2c1C. The number of benzene rings is 2. The minimum atomic E-state index is -0.372. The van der Waals surface area contributed by atoms with Gasteiger partial charge in [-0.2, -0.15) is 0 Å². The molecule has 0 radical (unpaired) electrons. The van der Waals surface area contributed by atoms with E-state index < -0.39 is 0 Å². The predicted octanol–water partition coefficient (Wildman–Crippen LogP) is 4.29. The molecule has 2 aromatic heterocycles. The number of hydrogen-bond donors (Lipinski definition) is 1. The van der Waals surface area contributed by atoms with Gasteiger partial charge in [0, 0.05) is 16.7 Å². The third-order valence-corrected chi connectivity index (χ3v) is 5.97. The quantitative estimate of drug-likeness (QED) is 0.275. The van der Waals surface area contributed by atoms with E-state index in [1.165, 1.54) is 16.4 Å². The number of thioether (sulfide) groups is 1. The van der Waals surface area contributed by atoms with Crippen molar-refractivity contribution in [3.05, 3.63) is 70.9 Å². The summed E-state index contributed by atoms with van der Waals surface area (Å²) >= 11 is 1.38. The number of aromatic nitrogens is 4. The number of carbonyl (C=O) groups is 1. The van der Waals surface area contributed by atoms with Crippen molar-refractivity contribution in [3.8, 4) is 11.4 Å². The summed E-state index contributed by atoms with van der Waals surface area (Å²) in [5.74, 6) is 6.88. The average molecular weight is 434 g/mol. The third kappa shape index (κ3) is 4.11. The molecular weight excluding hydrogens is 410 g/mol. The highest BCUT2D eigenvalue weighted by Gasteiger charge is 2.21. The fraction of sp³-hybridized carbons (Fsp3) is 0.217. The number of nitrogens with zero attached hydrogens (tertiary/aromatic N) is 4. The lowest BCUT2D eigenvalue weighted by Crippen LogP contribution is -2.13. The molecule has 4 rings (SSSR count). The van der Waals surface area contributed by atoms with Gasteiger partial charge >= 0.3 is 5.97 Å². The lowest BCUT2D eigenvalue weighted by Gasteiger charge is -2.13. The zero-order chi connectivity index (χ0) is 22.0. The molecule has 7 nitrogen and oxygen atoms in total. The molecule has 31 heavy (non-hydrogen) atoms. The Kier molecular flexibility index (Phi) is 5.90. The highest BCUT2D eigenvalue weighted by molar-refractivity contribution is 7.98. The van der Waals surface area contributed by atoms with Crippen LogP contribution in [0.4, 0.5) is 0 Å². The number of nitrogens with two attached hydrogens (primary N) is 1. The summed E-state index contributed by atoms with van der Waals surface area (Å²) in [6, 6.07) is 15.7. The predicted molar refractivity (Wildman–Crippen MR) is 122 cm³/mol. The number of aryl methyl sites for hydroxylation is 2. The second kappa shape index (κ2) is 8.77. The molecule has 158 valence electrons. The standard InChI is InChI=1S/C23H23N5O2S/c1-4-30-22(29)20-15(3)17-7-5-6-8-18(17)25-19(20)13-31-23-27-26-21(28(23)24)16-11-9-14(2)10-12-16/h5-12H,4,13,24H2,1-3H3. The molecule has 2 aromatic carbocycles. The van der Waals surface area contributed by atoms with Gasteiger partial charge in [0.25, 0.3) is 0 Å².